The number of nitrogens with zero attached hydrogens (tertiary/aromatic N) is 5. The SMILES string of the molecule is Cc1cccc(-c2nn(C)cc2-c2cc(C)nc3[nH]ncc23)n1. The minimum atomic E-state index is 0.784. The number of pyridine rings is 2. The molecule has 0 aliphatic heterocycles. The Kier molecular flexibility index (Phi) is 2.97. The molecule has 6 heteroatoms. The van der Waals surface area contributed by atoms with Crippen molar-refractivity contribution in [2.45, 2.75) is 13.8 Å². The van der Waals surface area contributed by atoms with Crippen molar-refractivity contribution in [2.75, 3.05) is 0 Å². The predicted molar refractivity (Wildman–Crippen MR) is 88.8 cm³/mol. The average molecular weight is 304 g/mol. The van der Waals surface area contributed by atoms with Crippen molar-refractivity contribution >= 4 is 11.0 Å². The van der Waals surface area contributed by atoms with E-state index in [4.69, 9.17) is 0 Å². The maximum Gasteiger partial charge on any atom is 0.155 e. The fourth-order valence-corrected chi connectivity index (χ4v) is 2.83. The first-order valence-electron chi connectivity index (χ1n) is 7.40. The number of H-pyrrole nitrogens is 1. The highest BCUT2D eigenvalue weighted by molar-refractivity contribution is 5.96. The molecule has 0 radical (unpaired) electrons. The molecule has 0 saturated carbocycles. The number of fused-ring (bicyclic) bond motifs is 1. The van der Waals surface area contributed by atoms with Gasteiger partial charge in [0.25, 0.3) is 0 Å². The molecule has 1 N–H and O–H groups in total. The molecule has 6 nitrogen and oxygen atoms in total. The van der Waals surface area contributed by atoms with Crippen molar-refractivity contribution in [1.29, 1.82) is 0 Å². The second-order valence-electron chi connectivity index (χ2n) is 5.67. The molecule has 23 heavy (non-hydrogen) atoms. The first kappa shape index (κ1) is 13.6. The van der Waals surface area contributed by atoms with Crippen LogP contribution in [0.3, 0.4) is 0 Å². The molecule has 0 saturated heterocycles. The van der Waals surface area contributed by atoms with Gasteiger partial charge in [0, 0.05) is 35.6 Å². The maximum atomic E-state index is 4.62. The Morgan fingerprint density at radius 1 is 1.04 bits per heavy atom. The molecule has 0 aliphatic rings. The van der Waals surface area contributed by atoms with Gasteiger partial charge in [0.1, 0.15) is 5.69 Å². The van der Waals surface area contributed by atoms with Gasteiger partial charge >= 0.3 is 0 Å². The largest absolute Gasteiger partial charge is 0.274 e. The quantitative estimate of drug-likeness (QED) is 0.618. The number of aromatic nitrogens is 6. The van der Waals surface area contributed by atoms with E-state index < -0.39 is 0 Å². The summed E-state index contributed by atoms with van der Waals surface area (Å²) in [5.74, 6) is 0. The molecular formula is C17H16N6. The Hall–Kier alpha value is -3.02. The lowest BCUT2D eigenvalue weighted by molar-refractivity contribution is 0.770. The maximum absolute atomic E-state index is 4.62. The number of nitrogens with one attached hydrogen (secondary N) is 1. The van der Waals surface area contributed by atoms with Gasteiger partial charge in [0.15, 0.2) is 5.65 Å². The zero-order chi connectivity index (χ0) is 16.0. The number of rotatable bonds is 2. The molecule has 0 fully saturated rings. The summed E-state index contributed by atoms with van der Waals surface area (Å²) in [6.45, 7) is 3.96. The molecule has 0 aliphatic carbocycles. The van der Waals surface area contributed by atoms with Gasteiger partial charge in [-0.3, -0.25) is 14.8 Å². The summed E-state index contributed by atoms with van der Waals surface area (Å²) in [6.07, 6.45) is 3.82. The van der Waals surface area contributed by atoms with Crippen molar-refractivity contribution in [3.63, 3.8) is 0 Å². The van der Waals surface area contributed by atoms with E-state index in [9.17, 15) is 0 Å². The highest BCUT2D eigenvalue weighted by atomic mass is 15.3. The van der Waals surface area contributed by atoms with E-state index in [-0.39, 0.29) is 0 Å². The number of aromatic amines is 1. The van der Waals surface area contributed by atoms with E-state index in [2.05, 4.69) is 31.3 Å². The van der Waals surface area contributed by atoms with Crippen molar-refractivity contribution < 1.29 is 0 Å². The first-order valence-corrected chi connectivity index (χ1v) is 7.40. The number of hydrogen-bond donors (Lipinski definition) is 1. The zero-order valence-corrected chi connectivity index (χ0v) is 13.2. The van der Waals surface area contributed by atoms with Crippen LogP contribution in [0, 0.1) is 13.8 Å². The Balaban J connectivity index is 2.01. The second kappa shape index (κ2) is 5.01. The molecule has 0 atom stereocenters. The van der Waals surface area contributed by atoms with E-state index in [0.29, 0.717) is 0 Å². The summed E-state index contributed by atoms with van der Waals surface area (Å²) in [5, 5.41) is 12.7. The highest BCUT2D eigenvalue weighted by Crippen LogP contribution is 2.34. The van der Waals surface area contributed by atoms with E-state index >= 15 is 0 Å². The van der Waals surface area contributed by atoms with Gasteiger partial charge in [-0.05, 0) is 37.6 Å². The van der Waals surface area contributed by atoms with Gasteiger partial charge in [-0.2, -0.15) is 10.2 Å². The summed E-state index contributed by atoms with van der Waals surface area (Å²) < 4.78 is 1.82. The third-order valence-electron chi connectivity index (χ3n) is 3.80. The summed E-state index contributed by atoms with van der Waals surface area (Å²) in [4.78, 5) is 9.10. The predicted octanol–water partition coefficient (Wildman–Crippen LogP) is 3.04. The van der Waals surface area contributed by atoms with E-state index in [0.717, 1.165) is 44.9 Å². The van der Waals surface area contributed by atoms with Crippen molar-refractivity contribution in [3.8, 4) is 22.5 Å². The van der Waals surface area contributed by atoms with E-state index in [1.54, 1.807) is 6.20 Å². The molecule has 0 spiro atoms. The molecule has 4 aromatic rings. The lowest BCUT2D eigenvalue weighted by Gasteiger charge is -2.05. The van der Waals surface area contributed by atoms with Crippen molar-refractivity contribution in [2.24, 2.45) is 7.05 Å². The fraction of sp³-hybridized carbons (Fsp3) is 0.176. The molecular weight excluding hydrogens is 288 g/mol. The summed E-state index contributed by atoms with van der Waals surface area (Å²) in [7, 11) is 1.92. The van der Waals surface area contributed by atoms with Crippen LogP contribution in [0.4, 0.5) is 0 Å². The smallest absolute Gasteiger partial charge is 0.155 e. The normalized spacial score (nSPS) is 11.3. The van der Waals surface area contributed by atoms with Crippen LogP contribution in [0.1, 0.15) is 11.4 Å². The van der Waals surface area contributed by atoms with E-state index in [1.807, 2.05) is 50.0 Å². The van der Waals surface area contributed by atoms with Crippen molar-refractivity contribution in [3.05, 3.63) is 48.0 Å². The zero-order valence-electron chi connectivity index (χ0n) is 13.2. The molecule has 114 valence electrons. The second-order valence-corrected chi connectivity index (χ2v) is 5.67. The topological polar surface area (TPSA) is 72.3 Å². The third-order valence-corrected chi connectivity index (χ3v) is 3.80. The molecule has 0 bridgehead atoms. The Bertz CT molecular complexity index is 1010. The Morgan fingerprint density at radius 2 is 1.91 bits per heavy atom. The van der Waals surface area contributed by atoms with Crippen LogP contribution in [-0.2, 0) is 7.05 Å². The molecule has 4 rings (SSSR count). The van der Waals surface area contributed by atoms with Crippen LogP contribution < -0.4 is 0 Å². The van der Waals surface area contributed by atoms with Crippen LogP contribution >= 0.6 is 0 Å². The van der Waals surface area contributed by atoms with Gasteiger partial charge in [-0.15, -0.1) is 0 Å². The molecule has 4 heterocycles. The summed E-state index contributed by atoms with van der Waals surface area (Å²) in [6, 6.07) is 8.03. The van der Waals surface area contributed by atoms with Crippen LogP contribution in [0.25, 0.3) is 33.5 Å². The van der Waals surface area contributed by atoms with Crippen LogP contribution in [0.5, 0.6) is 0 Å². The lowest BCUT2D eigenvalue weighted by atomic mass is 10.0. The molecule has 0 unspecified atom stereocenters. The van der Waals surface area contributed by atoms with Gasteiger partial charge < -0.3 is 0 Å². The van der Waals surface area contributed by atoms with Gasteiger partial charge in [-0.1, -0.05) is 6.07 Å². The average Bonchev–Trinajstić information content (AvgIpc) is 3.12. The van der Waals surface area contributed by atoms with Gasteiger partial charge in [-0.25, -0.2) is 4.98 Å². The molecule has 0 aromatic carbocycles. The highest BCUT2D eigenvalue weighted by Gasteiger charge is 2.17. The first-order chi connectivity index (χ1) is 11.1. The van der Waals surface area contributed by atoms with Crippen LogP contribution in [-0.4, -0.2) is 29.9 Å². The van der Waals surface area contributed by atoms with Gasteiger partial charge in [0.2, 0.25) is 0 Å². The standard InChI is InChI=1S/C17H16N6/c1-10-5-4-6-15(19-10)16-14(9-23(3)22-16)12-7-11(2)20-17-13(12)8-18-21-17/h4-9H,1-3H3,(H,18,20,21). The number of aryl methyl sites for hydroxylation is 3. The van der Waals surface area contributed by atoms with Crippen molar-refractivity contribution in [1.82, 2.24) is 29.9 Å². The fourth-order valence-electron chi connectivity index (χ4n) is 2.83. The van der Waals surface area contributed by atoms with Crippen LogP contribution in [0.2, 0.25) is 0 Å². The minimum absolute atomic E-state index is 0.784. The van der Waals surface area contributed by atoms with Gasteiger partial charge in [0.05, 0.1) is 11.9 Å². The molecule has 0 amide bonds. The van der Waals surface area contributed by atoms with E-state index in [1.165, 1.54) is 0 Å². The lowest BCUT2D eigenvalue weighted by Crippen LogP contribution is -1.92. The molecule has 4 aromatic heterocycles. The minimum Gasteiger partial charge on any atom is -0.274 e. The Labute approximate surface area is 133 Å². The van der Waals surface area contributed by atoms with Crippen LogP contribution in [0.15, 0.2) is 36.7 Å². The summed E-state index contributed by atoms with van der Waals surface area (Å²) in [5.41, 5.74) is 6.51. The Morgan fingerprint density at radius 3 is 2.74 bits per heavy atom. The monoisotopic (exact) mass is 304 g/mol. The number of hydrogen-bond acceptors (Lipinski definition) is 4. The summed E-state index contributed by atoms with van der Waals surface area (Å²) >= 11 is 0. The third kappa shape index (κ3) is 2.28.